The van der Waals surface area contributed by atoms with Crippen LogP contribution >= 0.6 is 0 Å². The second kappa shape index (κ2) is 3.84. The van der Waals surface area contributed by atoms with E-state index in [2.05, 4.69) is 18.1 Å². The summed E-state index contributed by atoms with van der Waals surface area (Å²) >= 11 is 0. The minimum absolute atomic E-state index is 0.811. The average Bonchev–Trinajstić information content (AvgIpc) is 2.20. The molecule has 0 radical (unpaired) electrons. The summed E-state index contributed by atoms with van der Waals surface area (Å²) in [6.07, 6.45) is 3.76. The van der Waals surface area contributed by atoms with E-state index in [0.717, 1.165) is 23.9 Å². The Balaban J connectivity index is 2.46. The van der Waals surface area contributed by atoms with Crippen molar-refractivity contribution < 1.29 is 9.78 Å². The first-order chi connectivity index (χ1) is 6.83. The Bertz CT molecular complexity index is 365. The first kappa shape index (κ1) is 9.28. The number of fused-ring (bicyclic) bond motifs is 1. The van der Waals surface area contributed by atoms with E-state index in [0.29, 0.717) is 0 Å². The van der Waals surface area contributed by atoms with Gasteiger partial charge in [-0.1, -0.05) is 31.5 Å². The first-order valence-electron chi connectivity index (χ1n) is 4.82. The second-order valence-electron chi connectivity index (χ2n) is 3.36. The Morgan fingerprint density at radius 1 is 1.50 bits per heavy atom. The highest BCUT2D eigenvalue weighted by Crippen LogP contribution is 2.10. The molecule has 0 saturated carbocycles. The van der Waals surface area contributed by atoms with Gasteiger partial charge in [0.05, 0.1) is 6.21 Å². The van der Waals surface area contributed by atoms with Crippen molar-refractivity contribution in [3.63, 3.8) is 0 Å². The van der Waals surface area contributed by atoms with Crippen LogP contribution < -0.4 is 5.46 Å². The van der Waals surface area contributed by atoms with Gasteiger partial charge in [-0.3, -0.25) is 0 Å². The number of aryl methyl sites for hydroxylation is 1. The van der Waals surface area contributed by atoms with Crippen molar-refractivity contribution in [2.75, 3.05) is 0 Å². The van der Waals surface area contributed by atoms with E-state index >= 15 is 0 Å². The summed E-state index contributed by atoms with van der Waals surface area (Å²) in [5.74, 6) is 0. The van der Waals surface area contributed by atoms with Crippen LogP contribution in [0.2, 0.25) is 0 Å². The van der Waals surface area contributed by atoms with Crippen molar-refractivity contribution in [1.82, 2.24) is 0 Å². The molecular weight excluding hydrogens is 177 g/mol. The summed E-state index contributed by atoms with van der Waals surface area (Å²) in [6.45, 7) is 2.13. The van der Waals surface area contributed by atoms with Crippen LogP contribution in [0.15, 0.2) is 23.4 Å². The Labute approximate surface area is 83.5 Å². The highest BCUT2D eigenvalue weighted by molar-refractivity contribution is 6.62. The Morgan fingerprint density at radius 3 is 3.14 bits per heavy atom. The summed E-state index contributed by atoms with van der Waals surface area (Å²) in [5.41, 5.74) is 3.04. The van der Waals surface area contributed by atoms with Gasteiger partial charge in [0.25, 0.3) is 0 Å². The molecule has 0 unspecified atom stereocenters. The molecule has 0 saturated heterocycles. The van der Waals surface area contributed by atoms with Gasteiger partial charge in [0.1, 0.15) is 0 Å². The molecule has 1 aliphatic rings. The topological polar surface area (TPSA) is 41.8 Å². The molecule has 1 heterocycles. The van der Waals surface area contributed by atoms with Crippen molar-refractivity contribution in [3.8, 4) is 0 Å². The molecule has 1 aromatic carbocycles. The molecule has 1 aliphatic heterocycles. The molecule has 0 atom stereocenters. The Hall–Kier alpha value is -1.29. The van der Waals surface area contributed by atoms with Gasteiger partial charge >= 0.3 is 7.12 Å². The fourth-order valence-corrected chi connectivity index (χ4v) is 1.69. The molecule has 3 nitrogen and oxygen atoms in total. The number of hydrogen-bond donors (Lipinski definition) is 1. The van der Waals surface area contributed by atoms with Crippen molar-refractivity contribution >= 4 is 18.8 Å². The van der Waals surface area contributed by atoms with Crippen LogP contribution in [0.1, 0.15) is 24.5 Å². The zero-order valence-corrected chi connectivity index (χ0v) is 8.10. The number of hydrogen-bond acceptors (Lipinski definition) is 3. The van der Waals surface area contributed by atoms with Crippen molar-refractivity contribution in [3.05, 3.63) is 29.3 Å². The predicted molar refractivity (Wildman–Crippen MR) is 56.7 cm³/mol. The minimum atomic E-state index is -0.910. The number of rotatable bonds is 2. The number of nitrogens with zero attached hydrogens (tertiary/aromatic N) is 1. The van der Waals surface area contributed by atoms with Gasteiger partial charge in [0.2, 0.25) is 0 Å². The fraction of sp³-hybridized carbons (Fsp3) is 0.300. The fourth-order valence-electron chi connectivity index (χ4n) is 1.69. The van der Waals surface area contributed by atoms with Gasteiger partial charge in [-0.25, -0.2) is 0 Å². The van der Waals surface area contributed by atoms with Crippen LogP contribution in [0.4, 0.5) is 0 Å². The lowest BCUT2D eigenvalue weighted by molar-refractivity contribution is 0.286. The SMILES string of the molecule is CCCc1cccc2c1C=NOB2O. The van der Waals surface area contributed by atoms with E-state index in [9.17, 15) is 5.02 Å². The third-order valence-electron chi connectivity index (χ3n) is 2.36. The number of benzene rings is 1. The largest absolute Gasteiger partial charge is 0.583 e. The maximum Gasteiger partial charge on any atom is 0.583 e. The zero-order valence-electron chi connectivity index (χ0n) is 8.10. The van der Waals surface area contributed by atoms with E-state index < -0.39 is 7.12 Å². The first-order valence-corrected chi connectivity index (χ1v) is 4.82. The molecule has 0 aliphatic carbocycles. The van der Waals surface area contributed by atoms with Gasteiger partial charge in [0.15, 0.2) is 0 Å². The standard InChI is InChI=1S/C10H12BNO2/c1-2-4-8-5-3-6-10-9(8)7-12-14-11(10)13/h3,5-7,13H,2,4H2,1H3. The molecule has 14 heavy (non-hydrogen) atoms. The third-order valence-corrected chi connectivity index (χ3v) is 2.36. The molecule has 0 bridgehead atoms. The molecule has 0 fully saturated rings. The van der Waals surface area contributed by atoms with Crippen LogP contribution in [-0.2, 0) is 11.2 Å². The average molecular weight is 189 g/mol. The summed E-state index contributed by atoms with van der Waals surface area (Å²) in [5, 5.41) is 13.2. The second-order valence-corrected chi connectivity index (χ2v) is 3.36. The maximum absolute atomic E-state index is 9.52. The van der Waals surface area contributed by atoms with E-state index in [4.69, 9.17) is 4.76 Å². The highest BCUT2D eigenvalue weighted by Gasteiger charge is 2.25. The lowest BCUT2D eigenvalue weighted by Gasteiger charge is -2.15. The molecule has 2 rings (SSSR count). The van der Waals surface area contributed by atoms with Crippen molar-refractivity contribution in [1.29, 1.82) is 0 Å². The van der Waals surface area contributed by atoms with Crippen LogP contribution in [0.25, 0.3) is 0 Å². The van der Waals surface area contributed by atoms with E-state index in [1.54, 1.807) is 6.21 Å². The van der Waals surface area contributed by atoms with Gasteiger partial charge in [-0.15, -0.1) is 5.16 Å². The van der Waals surface area contributed by atoms with Gasteiger partial charge in [0, 0.05) is 11.0 Å². The molecule has 0 aromatic heterocycles. The van der Waals surface area contributed by atoms with E-state index in [1.165, 1.54) is 5.56 Å². The Kier molecular flexibility index (Phi) is 2.54. The zero-order chi connectivity index (χ0) is 9.97. The quantitative estimate of drug-likeness (QED) is 0.695. The van der Waals surface area contributed by atoms with Crippen molar-refractivity contribution in [2.24, 2.45) is 5.16 Å². The monoisotopic (exact) mass is 189 g/mol. The van der Waals surface area contributed by atoms with Gasteiger partial charge in [-0.2, -0.15) is 0 Å². The van der Waals surface area contributed by atoms with Crippen LogP contribution in [0.5, 0.6) is 0 Å². The highest BCUT2D eigenvalue weighted by atomic mass is 16.6. The lowest BCUT2D eigenvalue weighted by atomic mass is 9.74. The Morgan fingerprint density at radius 2 is 2.36 bits per heavy atom. The van der Waals surface area contributed by atoms with Gasteiger partial charge < -0.3 is 9.78 Å². The molecule has 1 aromatic rings. The van der Waals surface area contributed by atoms with Crippen molar-refractivity contribution in [2.45, 2.75) is 19.8 Å². The summed E-state index contributed by atoms with van der Waals surface area (Å²) in [4.78, 5) is 0. The summed E-state index contributed by atoms with van der Waals surface area (Å²) in [6, 6.07) is 5.87. The van der Waals surface area contributed by atoms with Crippen LogP contribution in [0, 0.1) is 0 Å². The van der Waals surface area contributed by atoms with Gasteiger partial charge in [-0.05, 0) is 12.0 Å². The van der Waals surface area contributed by atoms with E-state index in [-0.39, 0.29) is 0 Å². The molecule has 0 amide bonds. The lowest BCUT2D eigenvalue weighted by Crippen LogP contribution is -2.38. The third kappa shape index (κ3) is 1.53. The summed E-state index contributed by atoms with van der Waals surface area (Å²) in [7, 11) is -0.910. The van der Waals surface area contributed by atoms with Crippen LogP contribution in [0.3, 0.4) is 0 Å². The molecule has 0 spiro atoms. The molecule has 4 heteroatoms. The normalized spacial score (nSPS) is 13.7. The smallest absolute Gasteiger partial charge is 0.427 e. The maximum atomic E-state index is 9.52. The van der Waals surface area contributed by atoms with E-state index in [1.807, 2.05) is 12.1 Å². The predicted octanol–water partition coefficient (Wildman–Crippen LogP) is 0.691. The number of oxime groups is 1. The summed E-state index contributed by atoms with van der Waals surface area (Å²) < 4.78 is 4.76. The molecular formula is C10H12BNO2. The van der Waals surface area contributed by atoms with Crippen LogP contribution in [-0.4, -0.2) is 18.4 Å². The molecule has 72 valence electrons. The minimum Gasteiger partial charge on any atom is -0.427 e. The molecule has 1 N–H and O–H groups in total.